The molecule has 0 heterocycles. The highest BCUT2D eigenvalue weighted by Crippen LogP contribution is 2.57. The molecule has 4 rings (SSSR count). The Labute approximate surface area is 224 Å². The number of amides is 1. The van der Waals surface area contributed by atoms with Gasteiger partial charge in [0, 0.05) is 30.0 Å². The van der Waals surface area contributed by atoms with Crippen molar-refractivity contribution in [2.45, 2.75) is 38.0 Å². The van der Waals surface area contributed by atoms with Gasteiger partial charge in [0.15, 0.2) is 17.2 Å². The molecule has 12 nitrogen and oxygen atoms in total. The van der Waals surface area contributed by atoms with E-state index in [1.54, 1.807) is 27.2 Å². The van der Waals surface area contributed by atoms with E-state index in [-0.39, 0.29) is 36.3 Å². The van der Waals surface area contributed by atoms with Gasteiger partial charge in [-0.1, -0.05) is 6.07 Å². The Kier molecular flexibility index (Phi) is 7.09. The van der Waals surface area contributed by atoms with Crippen molar-refractivity contribution in [3.63, 3.8) is 0 Å². The van der Waals surface area contributed by atoms with E-state index in [1.807, 2.05) is 0 Å². The maximum absolute atomic E-state index is 14.1. The van der Waals surface area contributed by atoms with Crippen molar-refractivity contribution in [3.05, 3.63) is 51.5 Å². The van der Waals surface area contributed by atoms with Crippen molar-refractivity contribution >= 4 is 23.4 Å². The monoisotopic (exact) mass is 543 g/mol. The second kappa shape index (κ2) is 9.78. The number of hydrogen-bond acceptors (Lipinski definition) is 11. The Morgan fingerprint density at radius 3 is 2.41 bits per heavy atom. The Hall–Kier alpha value is -3.74. The van der Waals surface area contributed by atoms with Crippen LogP contribution in [0, 0.1) is 11.3 Å². The lowest BCUT2D eigenvalue weighted by Crippen LogP contribution is -2.66. The van der Waals surface area contributed by atoms with Crippen molar-refractivity contribution in [3.8, 4) is 5.75 Å². The highest BCUT2D eigenvalue weighted by Gasteiger charge is 2.66. The number of Topliss-reactive ketones (excluding diaryl/α,β-unsaturated/α-hetero) is 3. The number of carbonyl (C=O) groups excluding carboxylic acids is 4. The molecule has 12 heteroatoms. The van der Waals surface area contributed by atoms with Crippen molar-refractivity contribution in [1.82, 2.24) is 15.5 Å². The van der Waals surface area contributed by atoms with Crippen LogP contribution in [0.5, 0.6) is 5.75 Å². The van der Waals surface area contributed by atoms with Crippen molar-refractivity contribution < 1.29 is 44.3 Å². The number of aliphatic hydroxyl groups is 3. The summed E-state index contributed by atoms with van der Waals surface area (Å²) in [4.78, 5) is 53.7. The van der Waals surface area contributed by atoms with Crippen LogP contribution in [0.15, 0.2) is 34.8 Å². The van der Waals surface area contributed by atoms with E-state index in [9.17, 15) is 39.6 Å². The van der Waals surface area contributed by atoms with Crippen LogP contribution in [0.25, 0.3) is 0 Å². The maximum atomic E-state index is 14.1. The van der Waals surface area contributed by atoms with Gasteiger partial charge < -0.3 is 35.8 Å². The summed E-state index contributed by atoms with van der Waals surface area (Å²) in [6, 6.07) is 1.92. The zero-order valence-electron chi connectivity index (χ0n) is 22.4. The second-order valence-electron chi connectivity index (χ2n) is 10.6. The average Bonchev–Trinajstić information content (AvgIpc) is 2.86. The standard InChI is InChI=1S/C27H33N3O9/c1-12(31)17-22(34)20(30(3)4)15-9-26(11-29-25(37)39-5)8-14-13(10-28-2)6-7-16(32)18(14)21(33)19(26)24(36)27(15,38)23(17)35/h6-7,15,20,28,32,34,36,38H,8-11H2,1-5H3,(H,29,37)/t15-,20-,26-,27+/m0/s1. The minimum absolute atomic E-state index is 0.0356. The van der Waals surface area contributed by atoms with Gasteiger partial charge in [0.05, 0.1) is 18.7 Å². The molecule has 6 N–H and O–H groups in total. The van der Waals surface area contributed by atoms with Gasteiger partial charge in [0.2, 0.25) is 5.78 Å². The largest absolute Gasteiger partial charge is 0.510 e. The van der Waals surface area contributed by atoms with Gasteiger partial charge in [-0.2, -0.15) is 0 Å². The Balaban J connectivity index is 2.06. The van der Waals surface area contributed by atoms with Gasteiger partial charge in [-0.25, -0.2) is 4.79 Å². The number of nitrogens with zero attached hydrogens (tertiary/aromatic N) is 1. The van der Waals surface area contributed by atoms with E-state index in [0.717, 1.165) is 6.92 Å². The van der Waals surface area contributed by atoms with Crippen LogP contribution in [-0.4, -0.2) is 95.2 Å². The van der Waals surface area contributed by atoms with Crippen LogP contribution in [0.1, 0.15) is 34.8 Å². The quantitative estimate of drug-likeness (QED) is 0.277. The molecule has 0 spiro atoms. The van der Waals surface area contributed by atoms with Crippen LogP contribution in [0.4, 0.5) is 4.79 Å². The van der Waals surface area contributed by atoms with Gasteiger partial charge in [-0.3, -0.25) is 19.3 Å². The molecular formula is C27H33N3O9. The Bertz CT molecular complexity index is 1350. The third kappa shape index (κ3) is 4.01. The molecule has 0 saturated heterocycles. The number of phenolic OH excluding ortho intramolecular Hbond substituents is 1. The first-order valence-electron chi connectivity index (χ1n) is 12.4. The molecule has 1 aromatic carbocycles. The average molecular weight is 544 g/mol. The molecule has 0 aromatic heterocycles. The van der Waals surface area contributed by atoms with Gasteiger partial charge >= 0.3 is 6.09 Å². The minimum Gasteiger partial charge on any atom is -0.510 e. The SMILES string of the molecule is CNCc1ccc(O)c2c1C[C@@]1(CNC(=O)OC)C[C@H]3[C@H](N(C)C)C(O)=C(C(C)=O)C(=O)[C@@]3(O)C(O)=C1C2=O. The summed E-state index contributed by atoms with van der Waals surface area (Å²) >= 11 is 0. The van der Waals surface area contributed by atoms with Gasteiger partial charge in [-0.05, 0) is 58.1 Å². The zero-order chi connectivity index (χ0) is 29.0. The van der Waals surface area contributed by atoms with Gasteiger partial charge in [0.25, 0.3) is 0 Å². The lowest BCUT2D eigenvalue weighted by Gasteiger charge is -2.54. The molecular weight excluding hydrogens is 510 g/mol. The van der Waals surface area contributed by atoms with Crippen molar-refractivity contribution in [2.75, 3.05) is 34.8 Å². The number of aliphatic hydroxyl groups excluding tert-OH is 2. The normalized spacial score (nSPS) is 28.2. The first-order chi connectivity index (χ1) is 18.3. The molecule has 0 fully saturated rings. The molecule has 0 saturated carbocycles. The summed E-state index contributed by atoms with van der Waals surface area (Å²) in [6.07, 6.45) is -0.927. The smallest absolute Gasteiger partial charge is 0.406 e. The highest BCUT2D eigenvalue weighted by molar-refractivity contribution is 6.25. The second-order valence-corrected chi connectivity index (χ2v) is 10.6. The predicted octanol–water partition coefficient (Wildman–Crippen LogP) is 0.670. The molecule has 0 unspecified atom stereocenters. The fraction of sp³-hybridized carbons (Fsp3) is 0.481. The molecule has 0 bridgehead atoms. The van der Waals surface area contributed by atoms with Crippen molar-refractivity contribution in [2.24, 2.45) is 11.3 Å². The van der Waals surface area contributed by atoms with Gasteiger partial charge in [-0.15, -0.1) is 0 Å². The highest BCUT2D eigenvalue weighted by atomic mass is 16.5. The minimum atomic E-state index is -2.72. The number of ether oxygens (including phenoxy) is 1. The van der Waals surface area contributed by atoms with E-state index in [0.29, 0.717) is 17.7 Å². The first-order valence-corrected chi connectivity index (χ1v) is 12.4. The van der Waals surface area contributed by atoms with Crippen LogP contribution in [0.3, 0.4) is 0 Å². The number of nitrogens with one attached hydrogen (secondary N) is 2. The molecule has 210 valence electrons. The lowest BCUT2D eigenvalue weighted by atomic mass is 9.52. The molecule has 0 radical (unpaired) electrons. The number of likely N-dealkylation sites (N-methyl/N-ethyl adjacent to an activating group) is 1. The lowest BCUT2D eigenvalue weighted by molar-refractivity contribution is -0.150. The topological polar surface area (TPSA) is 186 Å². The first kappa shape index (κ1) is 28.3. The van der Waals surface area contributed by atoms with Crippen LogP contribution < -0.4 is 10.6 Å². The van der Waals surface area contributed by atoms with E-state index < -0.39 is 63.5 Å². The molecule has 3 aliphatic carbocycles. The fourth-order valence-electron chi connectivity index (χ4n) is 6.49. The van der Waals surface area contributed by atoms with E-state index >= 15 is 0 Å². The third-order valence-corrected chi connectivity index (χ3v) is 8.16. The number of rotatable bonds is 6. The van der Waals surface area contributed by atoms with Crippen molar-refractivity contribution in [1.29, 1.82) is 0 Å². The van der Waals surface area contributed by atoms with Crippen LogP contribution >= 0.6 is 0 Å². The number of aromatic hydroxyl groups is 1. The van der Waals surface area contributed by atoms with Gasteiger partial charge in [0.1, 0.15) is 22.8 Å². The number of hydrogen-bond donors (Lipinski definition) is 6. The summed E-state index contributed by atoms with van der Waals surface area (Å²) in [5.74, 6) is -5.93. The van der Waals surface area contributed by atoms with E-state index in [1.165, 1.54) is 18.1 Å². The molecule has 0 aliphatic heterocycles. The van der Waals surface area contributed by atoms with Crippen LogP contribution in [0.2, 0.25) is 0 Å². The number of phenols is 1. The van der Waals surface area contributed by atoms with E-state index in [4.69, 9.17) is 4.74 Å². The molecule has 3 aliphatic rings. The number of fused-ring (bicyclic) bond motifs is 3. The summed E-state index contributed by atoms with van der Waals surface area (Å²) < 4.78 is 4.72. The molecule has 1 aromatic rings. The van der Waals surface area contributed by atoms with Crippen LogP contribution in [-0.2, 0) is 27.3 Å². The number of carbonyl (C=O) groups is 4. The maximum Gasteiger partial charge on any atom is 0.406 e. The number of benzene rings is 1. The summed E-state index contributed by atoms with van der Waals surface area (Å²) in [7, 11) is 6.04. The summed E-state index contributed by atoms with van der Waals surface area (Å²) in [5.41, 5.74) is -4.02. The number of ketones is 3. The molecule has 4 atom stereocenters. The number of alkyl carbamates (subject to hydrolysis) is 1. The molecule has 39 heavy (non-hydrogen) atoms. The van der Waals surface area contributed by atoms with E-state index in [2.05, 4.69) is 10.6 Å². The summed E-state index contributed by atoms with van der Waals surface area (Å²) in [5, 5.41) is 51.0. The Morgan fingerprint density at radius 1 is 1.18 bits per heavy atom. The summed E-state index contributed by atoms with van der Waals surface area (Å²) in [6.45, 7) is 1.17. The fourth-order valence-corrected chi connectivity index (χ4v) is 6.49. The number of methoxy groups -OCH3 is 1. The third-order valence-electron chi connectivity index (χ3n) is 8.16. The Morgan fingerprint density at radius 2 is 1.85 bits per heavy atom. The zero-order valence-corrected chi connectivity index (χ0v) is 22.4. The molecule has 1 amide bonds. The predicted molar refractivity (Wildman–Crippen MR) is 137 cm³/mol.